The van der Waals surface area contributed by atoms with Crippen molar-refractivity contribution in [2.75, 3.05) is 6.61 Å². The fourth-order valence-corrected chi connectivity index (χ4v) is 1.20. The zero-order chi connectivity index (χ0) is 8.10. The summed E-state index contributed by atoms with van der Waals surface area (Å²) in [4.78, 5) is 0. The zero-order valence-electron chi connectivity index (χ0n) is 6.83. The monoisotopic (exact) mass is 150 g/mol. The van der Waals surface area contributed by atoms with Crippen LogP contribution in [-0.2, 0) is 0 Å². The van der Waals surface area contributed by atoms with E-state index < -0.39 is 0 Å². The minimum Gasteiger partial charge on any atom is -0.396 e. The van der Waals surface area contributed by atoms with Crippen molar-refractivity contribution in [2.24, 2.45) is 0 Å². The molecule has 0 aliphatic rings. The summed E-state index contributed by atoms with van der Waals surface area (Å²) < 4.78 is 0. The molecule has 0 fully saturated rings. The molecule has 1 atom stereocenters. The second kappa shape index (κ2) is 4.14. The van der Waals surface area contributed by atoms with E-state index in [0.717, 1.165) is 6.42 Å². The van der Waals surface area contributed by atoms with Gasteiger partial charge in [0.1, 0.15) is 0 Å². The van der Waals surface area contributed by atoms with Crippen LogP contribution < -0.4 is 0 Å². The first-order valence-electron chi connectivity index (χ1n) is 4.04. The van der Waals surface area contributed by atoms with Crippen molar-refractivity contribution < 1.29 is 5.11 Å². The van der Waals surface area contributed by atoms with Gasteiger partial charge in [0, 0.05) is 12.5 Å². The van der Waals surface area contributed by atoms with Gasteiger partial charge in [-0.05, 0) is 12.0 Å². The topological polar surface area (TPSA) is 20.2 Å². The molecule has 1 aromatic carbocycles. The number of rotatable bonds is 3. The molecule has 0 aromatic heterocycles. The number of aliphatic hydroxyl groups excluding tert-OH is 1. The average molecular weight is 150 g/mol. The summed E-state index contributed by atoms with van der Waals surface area (Å²) in [5.74, 6) is 0.316. The highest BCUT2D eigenvalue weighted by molar-refractivity contribution is 5.19. The molecule has 0 bridgehead atoms. The van der Waals surface area contributed by atoms with Crippen LogP contribution in [-0.4, -0.2) is 11.7 Å². The molecule has 0 aliphatic carbocycles. The second-order valence-electron chi connectivity index (χ2n) is 2.70. The van der Waals surface area contributed by atoms with Crippen LogP contribution in [0.1, 0.15) is 24.8 Å². The maximum absolute atomic E-state index is 8.98. The summed E-state index contributed by atoms with van der Waals surface area (Å²) in [5, 5.41) is 8.98. The fourth-order valence-electron chi connectivity index (χ4n) is 1.20. The molecule has 11 heavy (non-hydrogen) atoms. The number of hydrogen-bond donors (Lipinski definition) is 1. The van der Waals surface area contributed by atoms with Gasteiger partial charge >= 0.3 is 0 Å². The van der Waals surface area contributed by atoms with E-state index in [9.17, 15) is 0 Å². The molecule has 0 aliphatic heterocycles. The van der Waals surface area contributed by atoms with Crippen molar-refractivity contribution in [1.82, 2.24) is 0 Å². The Morgan fingerprint density at radius 1 is 1.27 bits per heavy atom. The van der Waals surface area contributed by atoms with Crippen LogP contribution in [0.4, 0.5) is 0 Å². The lowest BCUT2D eigenvalue weighted by Crippen LogP contribution is -2.01. The van der Waals surface area contributed by atoms with Gasteiger partial charge in [-0.3, -0.25) is 0 Å². The van der Waals surface area contributed by atoms with Gasteiger partial charge in [0.25, 0.3) is 0 Å². The van der Waals surface area contributed by atoms with Crippen LogP contribution in [0.5, 0.6) is 0 Å². The maximum Gasteiger partial charge on any atom is 0.0499 e. The second-order valence-corrected chi connectivity index (χ2v) is 2.70. The van der Waals surface area contributed by atoms with Gasteiger partial charge in [-0.15, -0.1) is 0 Å². The molecule has 0 spiro atoms. The summed E-state index contributed by atoms with van der Waals surface area (Å²) >= 11 is 0. The van der Waals surface area contributed by atoms with E-state index in [1.54, 1.807) is 0 Å². The van der Waals surface area contributed by atoms with Crippen LogP contribution >= 0.6 is 0 Å². The molecule has 1 N–H and O–H groups in total. The van der Waals surface area contributed by atoms with E-state index in [-0.39, 0.29) is 6.61 Å². The molecule has 1 rings (SSSR count). The van der Waals surface area contributed by atoms with Crippen molar-refractivity contribution in [2.45, 2.75) is 19.3 Å². The molecular formula is C10H14O. The minimum absolute atomic E-state index is 0.251. The summed E-state index contributed by atoms with van der Waals surface area (Å²) in [6.45, 7) is 2.34. The van der Waals surface area contributed by atoms with Crippen molar-refractivity contribution in [3.05, 3.63) is 35.9 Å². The summed E-state index contributed by atoms with van der Waals surface area (Å²) in [6, 6.07) is 10.1. The Morgan fingerprint density at radius 2 is 1.91 bits per heavy atom. The van der Waals surface area contributed by atoms with Crippen LogP contribution in [0.15, 0.2) is 30.3 Å². The quantitative estimate of drug-likeness (QED) is 0.700. The van der Waals surface area contributed by atoms with Crippen LogP contribution in [0, 0.1) is 0 Å². The van der Waals surface area contributed by atoms with Crippen molar-refractivity contribution >= 4 is 0 Å². The smallest absolute Gasteiger partial charge is 0.0499 e. The third kappa shape index (κ3) is 2.05. The molecule has 0 saturated heterocycles. The first-order chi connectivity index (χ1) is 5.38. The van der Waals surface area contributed by atoms with Crippen molar-refractivity contribution in [1.29, 1.82) is 0 Å². The maximum atomic E-state index is 8.98. The largest absolute Gasteiger partial charge is 0.396 e. The third-order valence-corrected chi connectivity index (χ3v) is 1.98. The third-order valence-electron chi connectivity index (χ3n) is 1.98. The Balaban J connectivity index is 2.74. The Kier molecular flexibility index (Phi) is 3.12. The molecule has 0 amide bonds. The van der Waals surface area contributed by atoms with E-state index in [4.69, 9.17) is 5.11 Å². The van der Waals surface area contributed by atoms with Gasteiger partial charge in [0.2, 0.25) is 0 Å². The van der Waals surface area contributed by atoms with E-state index >= 15 is 0 Å². The van der Waals surface area contributed by atoms with Gasteiger partial charge in [0.05, 0.1) is 0 Å². The molecule has 0 saturated carbocycles. The van der Waals surface area contributed by atoms with Gasteiger partial charge in [-0.25, -0.2) is 0 Å². The first kappa shape index (κ1) is 8.28. The van der Waals surface area contributed by atoms with E-state index in [1.807, 2.05) is 18.2 Å². The Morgan fingerprint density at radius 3 is 2.36 bits per heavy atom. The first-order valence-corrected chi connectivity index (χ1v) is 4.04. The number of hydrogen-bond acceptors (Lipinski definition) is 1. The molecule has 1 nitrogen and oxygen atoms in total. The zero-order valence-corrected chi connectivity index (χ0v) is 6.83. The molecule has 0 heterocycles. The summed E-state index contributed by atoms with van der Waals surface area (Å²) in [7, 11) is 0. The number of aliphatic hydroxyl groups is 1. The molecular weight excluding hydrogens is 136 g/mol. The van der Waals surface area contributed by atoms with Crippen LogP contribution in [0.25, 0.3) is 0 Å². The Hall–Kier alpha value is -0.820. The van der Waals surface area contributed by atoms with Crippen molar-refractivity contribution in [3.8, 4) is 0 Å². The summed E-state index contributed by atoms with van der Waals surface area (Å²) in [6.07, 6.45) is 1.00. The lowest BCUT2D eigenvalue weighted by Gasteiger charge is -2.10. The van der Waals surface area contributed by atoms with E-state index in [1.165, 1.54) is 5.56 Å². The van der Waals surface area contributed by atoms with E-state index in [0.29, 0.717) is 5.92 Å². The minimum atomic E-state index is 0.251. The standard InChI is InChI=1S/C10H14O/c1-2-9(8-11)10-6-4-3-5-7-10/h3-7,9,11H,2,8H2,1H3/t9-/m0/s1. The molecule has 0 radical (unpaired) electrons. The molecule has 60 valence electrons. The van der Waals surface area contributed by atoms with Gasteiger partial charge < -0.3 is 5.11 Å². The van der Waals surface area contributed by atoms with Gasteiger partial charge in [-0.1, -0.05) is 37.3 Å². The fraction of sp³-hybridized carbons (Fsp3) is 0.400. The Bertz CT molecular complexity index is 189. The Labute approximate surface area is 67.7 Å². The van der Waals surface area contributed by atoms with Gasteiger partial charge in [0.15, 0.2) is 0 Å². The number of benzene rings is 1. The lowest BCUT2D eigenvalue weighted by atomic mass is 9.98. The average Bonchev–Trinajstić information content (AvgIpc) is 2.09. The predicted molar refractivity (Wildman–Crippen MR) is 46.6 cm³/mol. The predicted octanol–water partition coefficient (Wildman–Crippen LogP) is 2.17. The van der Waals surface area contributed by atoms with E-state index in [2.05, 4.69) is 19.1 Å². The molecule has 1 heteroatoms. The molecule has 1 aromatic rings. The highest BCUT2D eigenvalue weighted by Crippen LogP contribution is 2.17. The van der Waals surface area contributed by atoms with Crippen LogP contribution in [0.3, 0.4) is 0 Å². The van der Waals surface area contributed by atoms with Crippen molar-refractivity contribution in [3.63, 3.8) is 0 Å². The molecule has 0 unspecified atom stereocenters. The SMILES string of the molecule is CC[C@@H](CO)c1ccccc1. The highest BCUT2D eigenvalue weighted by Gasteiger charge is 2.05. The summed E-state index contributed by atoms with van der Waals surface area (Å²) in [5.41, 5.74) is 1.23. The van der Waals surface area contributed by atoms with Crippen LogP contribution in [0.2, 0.25) is 0 Å². The lowest BCUT2D eigenvalue weighted by molar-refractivity contribution is 0.262. The highest BCUT2D eigenvalue weighted by atomic mass is 16.3. The normalized spacial score (nSPS) is 12.9. The van der Waals surface area contributed by atoms with Gasteiger partial charge in [-0.2, -0.15) is 0 Å².